The molecule has 3 aromatic rings. The lowest BCUT2D eigenvalue weighted by molar-refractivity contribution is 0.0869. The van der Waals surface area contributed by atoms with Gasteiger partial charge < -0.3 is 10.3 Å². The van der Waals surface area contributed by atoms with Gasteiger partial charge >= 0.3 is 0 Å². The zero-order chi connectivity index (χ0) is 16.3. The first-order valence-corrected chi connectivity index (χ1v) is 8.01. The molecule has 0 radical (unpaired) electrons. The van der Waals surface area contributed by atoms with E-state index >= 15 is 0 Å². The standard InChI is InChI=1S/C18H15N5O/c19-18-21-7-13-14(22-18)6-5-12(17(13)24)16-11-4-2-1-3-10(11)15-8-20-9-23(15)16/h1-4,7-9,12,16H,5-6H2,(H2,19,21,22). The number of aryl methyl sites for hydroxylation is 1. The Hall–Kier alpha value is -3.02. The number of rotatable bonds is 1. The number of Topliss-reactive ketones (excluding diaryl/α,β-unsaturated/α-hetero) is 1. The number of carbonyl (C=O) groups is 1. The Morgan fingerprint density at radius 3 is 2.96 bits per heavy atom. The SMILES string of the molecule is Nc1ncc2c(n1)CCC(C1c3ccccc3-c3cncn31)C2=O. The van der Waals surface area contributed by atoms with Crippen LogP contribution in [0.1, 0.15) is 34.1 Å². The maximum atomic E-state index is 13.1. The maximum absolute atomic E-state index is 13.1. The molecule has 5 rings (SSSR count). The van der Waals surface area contributed by atoms with E-state index in [0.29, 0.717) is 5.56 Å². The highest BCUT2D eigenvalue weighted by molar-refractivity contribution is 6.00. The Morgan fingerprint density at radius 1 is 1.17 bits per heavy atom. The molecule has 1 aliphatic heterocycles. The summed E-state index contributed by atoms with van der Waals surface area (Å²) in [7, 11) is 0. The summed E-state index contributed by atoms with van der Waals surface area (Å²) in [6.45, 7) is 0. The summed E-state index contributed by atoms with van der Waals surface area (Å²) in [6, 6.07) is 8.23. The van der Waals surface area contributed by atoms with Crippen molar-refractivity contribution < 1.29 is 4.79 Å². The molecule has 2 atom stereocenters. The molecular weight excluding hydrogens is 302 g/mol. The summed E-state index contributed by atoms with van der Waals surface area (Å²) in [5.41, 5.74) is 10.4. The summed E-state index contributed by atoms with van der Waals surface area (Å²) < 4.78 is 2.12. The van der Waals surface area contributed by atoms with Gasteiger partial charge in [0.2, 0.25) is 5.95 Å². The van der Waals surface area contributed by atoms with Gasteiger partial charge in [0.25, 0.3) is 0 Å². The van der Waals surface area contributed by atoms with E-state index in [1.165, 1.54) is 5.56 Å². The van der Waals surface area contributed by atoms with Gasteiger partial charge in [0, 0.05) is 17.7 Å². The molecule has 1 aliphatic carbocycles. The van der Waals surface area contributed by atoms with Crippen LogP contribution < -0.4 is 5.73 Å². The molecule has 0 fully saturated rings. The molecule has 2 aromatic heterocycles. The Morgan fingerprint density at radius 2 is 2.04 bits per heavy atom. The van der Waals surface area contributed by atoms with Gasteiger partial charge in [0.05, 0.1) is 35.5 Å². The van der Waals surface area contributed by atoms with Crippen LogP contribution in [0.25, 0.3) is 11.3 Å². The van der Waals surface area contributed by atoms with E-state index in [0.717, 1.165) is 29.8 Å². The highest BCUT2D eigenvalue weighted by Crippen LogP contribution is 2.46. The molecule has 1 aromatic carbocycles. The second-order valence-corrected chi connectivity index (χ2v) is 6.32. The number of nitrogen functional groups attached to an aromatic ring is 1. The molecule has 0 bridgehead atoms. The van der Waals surface area contributed by atoms with Crippen LogP contribution in [-0.4, -0.2) is 25.3 Å². The van der Waals surface area contributed by atoms with Crippen LogP contribution in [0.4, 0.5) is 5.95 Å². The number of hydrogen-bond acceptors (Lipinski definition) is 5. The van der Waals surface area contributed by atoms with Gasteiger partial charge in [-0.25, -0.2) is 15.0 Å². The zero-order valence-corrected chi connectivity index (χ0v) is 12.9. The normalized spacial score (nSPS) is 21.2. The predicted molar refractivity (Wildman–Crippen MR) is 88.4 cm³/mol. The second kappa shape index (κ2) is 4.74. The minimum Gasteiger partial charge on any atom is -0.368 e. The lowest BCUT2D eigenvalue weighted by Crippen LogP contribution is -2.31. The van der Waals surface area contributed by atoms with Crippen molar-refractivity contribution in [3.8, 4) is 11.3 Å². The third-order valence-corrected chi connectivity index (χ3v) is 5.08. The Balaban J connectivity index is 1.63. The topological polar surface area (TPSA) is 86.7 Å². The Bertz CT molecular complexity index is 977. The van der Waals surface area contributed by atoms with Crippen molar-refractivity contribution in [3.63, 3.8) is 0 Å². The molecule has 118 valence electrons. The molecule has 2 unspecified atom stereocenters. The minimum absolute atomic E-state index is 0.0168. The van der Waals surface area contributed by atoms with Crippen molar-refractivity contribution in [2.24, 2.45) is 5.92 Å². The fraction of sp³-hybridized carbons (Fsp3) is 0.222. The van der Waals surface area contributed by atoms with E-state index in [1.54, 1.807) is 6.20 Å². The molecule has 0 spiro atoms. The predicted octanol–water partition coefficient (Wildman–Crippen LogP) is 2.27. The van der Waals surface area contributed by atoms with Crippen molar-refractivity contribution in [2.75, 3.05) is 5.73 Å². The van der Waals surface area contributed by atoms with E-state index in [-0.39, 0.29) is 23.7 Å². The molecule has 0 saturated heterocycles. The van der Waals surface area contributed by atoms with Crippen molar-refractivity contribution in [3.05, 3.63) is 59.8 Å². The molecule has 6 heteroatoms. The fourth-order valence-corrected chi connectivity index (χ4v) is 4.04. The number of ketones is 1. The Kier molecular flexibility index (Phi) is 2.65. The second-order valence-electron chi connectivity index (χ2n) is 6.32. The first-order chi connectivity index (χ1) is 11.7. The maximum Gasteiger partial charge on any atom is 0.220 e. The average molecular weight is 317 g/mol. The van der Waals surface area contributed by atoms with Gasteiger partial charge in [-0.1, -0.05) is 24.3 Å². The number of anilines is 1. The number of benzene rings is 1. The van der Waals surface area contributed by atoms with Gasteiger partial charge in [0.1, 0.15) is 0 Å². The number of nitrogens with zero attached hydrogens (tertiary/aromatic N) is 4. The van der Waals surface area contributed by atoms with Crippen molar-refractivity contribution in [1.29, 1.82) is 0 Å². The number of fused-ring (bicyclic) bond motifs is 4. The third kappa shape index (κ3) is 1.71. The lowest BCUT2D eigenvalue weighted by atomic mass is 9.79. The van der Waals surface area contributed by atoms with Gasteiger partial charge in [-0.05, 0) is 18.4 Å². The molecule has 2 N–H and O–H groups in total. The number of nitrogens with two attached hydrogens (primary N) is 1. The van der Waals surface area contributed by atoms with Crippen LogP contribution in [0.2, 0.25) is 0 Å². The highest BCUT2D eigenvalue weighted by Gasteiger charge is 2.40. The van der Waals surface area contributed by atoms with E-state index < -0.39 is 0 Å². The number of carbonyl (C=O) groups excluding carboxylic acids is 1. The first-order valence-electron chi connectivity index (χ1n) is 8.01. The van der Waals surface area contributed by atoms with Gasteiger partial charge in [-0.2, -0.15) is 0 Å². The molecule has 2 aliphatic rings. The molecule has 24 heavy (non-hydrogen) atoms. The third-order valence-electron chi connectivity index (χ3n) is 5.08. The largest absolute Gasteiger partial charge is 0.368 e. The van der Waals surface area contributed by atoms with Crippen LogP contribution in [0, 0.1) is 5.92 Å². The first kappa shape index (κ1) is 13.4. The quantitative estimate of drug-likeness (QED) is 0.744. The summed E-state index contributed by atoms with van der Waals surface area (Å²) in [5.74, 6) is 0.182. The van der Waals surface area contributed by atoms with Gasteiger partial charge in [-0.3, -0.25) is 4.79 Å². The summed E-state index contributed by atoms with van der Waals surface area (Å²) in [4.78, 5) is 25.6. The highest BCUT2D eigenvalue weighted by atomic mass is 16.1. The van der Waals surface area contributed by atoms with Crippen LogP contribution in [0.3, 0.4) is 0 Å². The van der Waals surface area contributed by atoms with E-state index in [4.69, 9.17) is 5.73 Å². The molecule has 0 amide bonds. The number of imidazole rings is 1. The number of aromatic nitrogens is 4. The van der Waals surface area contributed by atoms with Crippen LogP contribution in [-0.2, 0) is 6.42 Å². The lowest BCUT2D eigenvalue weighted by Gasteiger charge is -2.29. The summed E-state index contributed by atoms with van der Waals surface area (Å²) in [6.07, 6.45) is 6.74. The van der Waals surface area contributed by atoms with Crippen LogP contribution >= 0.6 is 0 Å². The zero-order valence-electron chi connectivity index (χ0n) is 12.9. The molecular formula is C18H15N5O. The molecule has 3 heterocycles. The van der Waals surface area contributed by atoms with Crippen molar-refractivity contribution in [2.45, 2.75) is 18.9 Å². The van der Waals surface area contributed by atoms with E-state index in [1.807, 2.05) is 24.7 Å². The van der Waals surface area contributed by atoms with E-state index in [2.05, 4.69) is 31.7 Å². The molecule has 0 saturated carbocycles. The Labute approximate surface area is 138 Å². The van der Waals surface area contributed by atoms with E-state index in [9.17, 15) is 4.79 Å². The minimum atomic E-state index is -0.138. The number of hydrogen-bond donors (Lipinski definition) is 1. The van der Waals surface area contributed by atoms with Crippen molar-refractivity contribution >= 4 is 11.7 Å². The fourth-order valence-electron chi connectivity index (χ4n) is 4.04. The molecule has 6 nitrogen and oxygen atoms in total. The summed E-state index contributed by atoms with van der Waals surface area (Å²) >= 11 is 0. The smallest absolute Gasteiger partial charge is 0.220 e. The van der Waals surface area contributed by atoms with Crippen molar-refractivity contribution in [1.82, 2.24) is 19.5 Å². The van der Waals surface area contributed by atoms with Crippen LogP contribution in [0.5, 0.6) is 0 Å². The monoisotopic (exact) mass is 317 g/mol. The van der Waals surface area contributed by atoms with Gasteiger partial charge in [0.15, 0.2) is 5.78 Å². The average Bonchev–Trinajstić information content (AvgIpc) is 3.16. The van der Waals surface area contributed by atoms with Gasteiger partial charge in [-0.15, -0.1) is 0 Å². The summed E-state index contributed by atoms with van der Waals surface area (Å²) in [5, 5.41) is 0. The van der Waals surface area contributed by atoms with Crippen LogP contribution in [0.15, 0.2) is 43.0 Å².